The Morgan fingerprint density at radius 3 is 2.73 bits per heavy atom. The van der Waals surface area contributed by atoms with Crippen molar-refractivity contribution in [2.45, 2.75) is 33.9 Å². The van der Waals surface area contributed by atoms with Crippen molar-refractivity contribution in [3.63, 3.8) is 0 Å². The second-order valence-electron chi connectivity index (χ2n) is 7.91. The fraction of sp³-hybridized carbons (Fsp3) is 0.409. The number of hydrogen-bond donors (Lipinski definition) is 0. The van der Waals surface area contributed by atoms with E-state index >= 15 is 0 Å². The molecule has 0 N–H and O–H groups in total. The first-order valence-corrected chi connectivity index (χ1v) is 10.1. The van der Waals surface area contributed by atoms with Crippen LogP contribution in [0, 0.1) is 12.8 Å². The Morgan fingerprint density at radius 2 is 2.03 bits per heavy atom. The van der Waals surface area contributed by atoms with Crippen molar-refractivity contribution in [3.8, 4) is 5.75 Å². The van der Waals surface area contributed by atoms with E-state index in [-0.39, 0.29) is 23.7 Å². The van der Waals surface area contributed by atoms with E-state index in [4.69, 9.17) is 9.72 Å². The number of ether oxygens (including phenoxy) is 1. The van der Waals surface area contributed by atoms with Crippen LogP contribution < -0.4 is 20.9 Å². The fourth-order valence-corrected chi connectivity index (χ4v) is 4.09. The molecule has 4 rings (SSSR count). The Bertz CT molecular complexity index is 1260. The minimum absolute atomic E-state index is 0.240. The van der Waals surface area contributed by atoms with Gasteiger partial charge in [-0.25, -0.2) is 4.79 Å². The molecule has 0 radical (unpaired) electrons. The van der Waals surface area contributed by atoms with Crippen LogP contribution in [0.5, 0.6) is 5.75 Å². The Morgan fingerprint density at radius 1 is 1.27 bits per heavy atom. The monoisotopic (exact) mass is 409 g/mol. The van der Waals surface area contributed by atoms with Crippen molar-refractivity contribution in [2.24, 2.45) is 13.0 Å². The quantitative estimate of drug-likeness (QED) is 0.619. The lowest BCUT2D eigenvalue weighted by atomic mass is 10.1. The molecule has 1 aliphatic rings. The van der Waals surface area contributed by atoms with E-state index in [1.54, 1.807) is 20.2 Å². The van der Waals surface area contributed by atoms with Crippen molar-refractivity contribution in [1.82, 2.24) is 18.7 Å². The van der Waals surface area contributed by atoms with E-state index in [1.165, 1.54) is 9.13 Å². The van der Waals surface area contributed by atoms with Gasteiger partial charge >= 0.3 is 5.69 Å². The summed E-state index contributed by atoms with van der Waals surface area (Å²) in [5, 5.41) is 0. The van der Waals surface area contributed by atoms with Crippen molar-refractivity contribution < 1.29 is 4.74 Å². The fourth-order valence-electron chi connectivity index (χ4n) is 4.09. The largest absolute Gasteiger partial charge is 0.495 e. The van der Waals surface area contributed by atoms with E-state index in [9.17, 15) is 9.59 Å². The van der Waals surface area contributed by atoms with Gasteiger partial charge in [-0.05, 0) is 37.5 Å². The second kappa shape index (κ2) is 7.51. The summed E-state index contributed by atoms with van der Waals surface area (Å²) in [5.74, 6) is 1.68. The van der Waals surface area contributed by atoms with E-state index in [0.29, 0.717) is 23.7 Å². The number of nitrogens with zero attached hydrogens (tertiary/aromatic N) is 5. The van der Waals surface area contributed by atoms with Gasteiger partial charge < -0.3 is 14.2 Å². The first-order chi connectivity index (χ1) is 14.4. The van der Waals surface area contributed by atoms with E-state index < -0.39 is 0 Å². The lowest BCUT2D eigenvalue weighted by molar-refractivity contribution is 0.409. The van der Waals surface area contributed by atoms with Crippen molar-refractivity contribution >= 4 is 22.8 Å². The molecule has 30 heavy (non-hydrogen) atoms. The first kappa shape index (κ1) is 20.0. The zero-order valence-electron chi connectivity index (χ0n) is 18.0. The second-order valence-corrected chi connectivity index (χ2v) is 7.91. The SMILES string of the molecule is C/C=C/Cn1c(=O)c2c(nc3n2C[C@@H](C)CN3c2cc(C)ccc2OC)n(C)c1=O. The lowest BCUT2D eigenvalue weighted by Crippen LogP contribution is -2.40. The molecule has 0 saturated carbocycles. The van der Waals surface area contributed by atoms with Crippen molar-refractivity contribution in [3.05, 3.63) is 56.8 Å². The molecular weight excluding hydrogens is 382 g/mol. The molecule has 0 aliphatic carbocycles. The summed E-state index contributed by atoms with van der Waals surface area (Å²) in [6, 6.07) is 6.00. The van der Waals surface area contributed by atoms with Crippen LogP contribution in [0.2, 0.25) is 0 Å². The highest BCUT2D eigenvalue weighted by Gasteiger charge is 2.31. The van der Waals surface area contributed by atoms with Gasteiger partial charge in [-0.1, -0.05) is 25.1 Å². The normalized spacial score (nSPS) is 16.4. The van der Waals surface area contributed by atoms with Gasteiger partial charge in [-0.3, -0.25) is 13.9 Å². The molecule has 1 atom stereocenters. The van der Waals surface area contributed by atoms with E-state index in [0.717, 1.165) is 23.5 Å². The van der Waals surface area contributed by atoms with Crippen LogP contribution in [-0.4, -0.2) is 32.3 Å². The van der Waals surface area contributed by atoms with Gasteiger partial charge in [0.05, 0.1) is 12.8 Å². The summed E-state index contributed by atoms with van der Waals surface area (Å²) in [4.78, 5) is 32.9. The third-order valence-electron chi connectivity index (χ3n) is 5.59. The van der Waals surface area contributed by atoms with Gasteiger partial charge in [0.25, 0.3) is 5.56 Å². The lowest BCUT2D eigenvalue weighted by Gasteiger charge is -2.33. The predicted molar refractivity (Wildman–Crippen MR) is 118 cm³/mol. The molecule has 0 spiro atoms. The Balaban J connectivity index is 2.02. The summed E-state index contributed by atoms with van der Waals surface area (Å²) in [5.41, 5.74) is 2.19. The van der Waals surface area contributed by atoms with Gasteiger partial charge in [-0.2, -0.15) is 4.98 Å². The van der Waals surface area contributed by atoms with E-state index in [2.05, 4.69) is 17.9 Å². The summed E-state index contributed by atoms with van der Waals surface area (Å²) < 4.78 is 10.3. The van der Waals surface area contributed by atoms with Crippen LogP contribution in [0.15, 0.2) is 39.9 Å². The van der Waals surface area contributed by atoms with Crippen LogP contribution in [-0.2, 0) is 20.1 Å². The van der Waals surface area contributed by atoms with Crippen molar-refractivity contribution in [1.29, 1.82) is 0 Å². The molecule has 0 amide bonds. The molecule has 3 aromatic rings. The number of benzene rings is 1. The average molecular weight is 409 g/mol. The number of aromatic nitrogens is 4. The zero-order chi connectivity index (χ0) is 21.6. The molecule has 2 aromatic heterocycles. The summed E-state index contributed by atoms with van der Waals surface area (Å²) in [6.07, 6.45) is 3.63. The Hall–Kier alpha value is -3.29. The number of anilines is 2. The molecule has 8 nitrogen and oxygen atoms in total. The summed E-state index contributed by atoms with van der Waals surface area (Å²) in [6.45, 7) is 7.68. The molecular formula is C22H27N5O3. The standard InChI is InChI=1S/C22H27N5O3/c1-6-7-10-25-20(28)18-19(24(4)22(25)29)23-21-26(12-15(3)13-27(18)21)16-11-14(2)8-9-17(16)30-5/h6-9,11,15H,10,12-13H2,1-5H3/b7-6+/t15-/m0/s1. The number of allylic oxidation sites excluding steroid dienone is 2. The minimum Gasteiger partial charge on any atom is -0.495 e. The third-order valence-corrected chi connectivity index (χ3v) is 5.59. The van der Waals surface area contributed by atoms with Gasteiger partial charge in [0.1, 0.15) is 5.75 Å². The Kier molecular flexibility index (Phi) is 5.01. The van der Waals surface area contributed by atoms with Crippen LogP contribution in [0.3, 0.4) is 0 Å². The van der Waals surface area contributed by atoms with Crippen molar-refractivity contribution in [2.75, 3.05) is 18.6 Å². The minimum atomic E-state index is -0.367. The molecule has 158 valence electrons. The number of fused-ring (bicyclic) bond motifs is 3. The van der Waals surface area contributed by atoms with Crippen LogP contribution >= 0.6 is 0 Å². The highest BCUT2D eigenvalue weighted by molar-refractivity contribution is 5.78. The molecule has 0 fully saturated rings. The predicted octanol–water partition coefficient (Wildman–Crippen LogP) is 2.58. The maximum absolute atomic E-state index is 13.3. The van der Waals surface area contributed by atoms with Crippen LogP contribution in [0.1, 0.15) is 19.4 Å². The first-order valence-electron chi connectivity index (χ1n) is 10.1. The highest BCUT2D eigenvalue weighted by atomic mass is 16.5. The molecule has 0 bridgehead atoms. The van der Waals surface area contributed by atoms with Gasteiger partial charge in [-0.15, -0.1) is 0 Å². The molecule has 1 aliphatic heterocycles. The van der Waals surface area contributed by atoms with Gasteiger partial charge in [0.15, 0.2) is 11.2 Å². The number of rotatable bonds is 4. The molecule has 8 heteroatoms. The van der Waals surface area contributed by atoms with E-state index in [1.807, 2.05) is 36.6 Å². The van der Waals surface area contributed by atoms with Crippen LogP contribution in [0.25, 0.3) is 11.2 Å². The zero-order valence-corrected chi connectivity index (χ0v) is 18.0. The number of imidazole rings is 1. The molecule has 0 unspecified atom stereocenters. The molecule has 0 saturated heterocycles. The maximum Gasteiger partial charge on any atom is 0.332 e. The van der Waals surface area contributed by atoms with Crippen LogP contribution in [0.4, 0.5) is 11.6 Å². The molecule has 1 aromatic carbocycles. The Labute approximate surface area is 174 Å². The average Bonchev–Trinajstić information content (AvgIpc) is 3.11. The summed E-state index contributed by atoms with van der Waals surface area (Å²) >= 11 is 0. The van der Waals surface area contributed by atoms with Gasteiger partial charge in [0.2, 0.25) is 5.95 Å². The third kappa shape index (κ3) is 3.03. The molecule has 3 heterocycles. The number of methoxy groups -OCH3 is 1. The smallest absolute Gasteiger partial charge is 0.332 e. The number of hydrogen-bond acceptors (Lipinski definition) is 5. The number of aryl methyl sites for hydroxylation is 2. The summed E-state index contributed by atoms with van der Waals surface area (Å²) in [7, 11) is 3.31. The maximum atomic E-state index is 13.3. The van der Waals surface area contributed by atoms with Gasteiger partial charge in [0, 0.05) is 26.7 Å². The topological polar surface area (TPSA) is 74.3 Å². The highest BCUT2D eigenvalue weighted by Crippen LogP contribution is 2.38.